The van der Waals surface area contributed by atoms with Crippen LogP contribution in [0.1, 0.15) is 54.4 Å². The van der Waals surface area contributed by atoms with Gasteiger partial charge >= 0.3 is 6.09 Å². The van der Waals surface area contributed by atoms with E-state index in [1.807, 2.05) is 23.1 Å². The third kappa shape index (κ3) is 9.19. The highest BCUT2D eigenvalue weighted by atomic mass is 19.1. The van der Waals surface area contributed by atoms with Gasteiger partial charge in [0.25, 0.3) is 5.91 Å². The molecule has 6 rings (SSSR count). The van der Waals surface area contributed by atoms with Gasteiger partial charge in [0.2, 0.25) is 0 Å². The Bertz CT molecular complexity index is 2150. The number of nitriles is 2. The molecule has 0 saturated carbocycles. The van der Waals surface area contributed by atoms with Crippen molar-refractivity contribution in [3.05, 3.63) is 101 Å². The van der Waals surface area contributed by atoms with Crippen LogP contribution in [0.2, 0.25) is 0 Å². The molecule has 13 nitrogen and oxygen atoms in total. The predicted octanol–water partition coefficient (Wildman–Crippen LogP) is 6.75. The first-order chi connectivity index (χ1) is 26.7. The standard InChI is InChI=1S/C41H39FN6O7/c1-53-35-13-12-28(21-34(35)49)39-31(24-44)22-36(45-40(39)29-10-11-30(23-43)33(42)20-29)47-17-15-32(16-18-47)48(41(51)52)25-27-7-5-26(6-8-27)9-14-37(50)46-55-38-4-2-3-19-54-38/h5-14,20-22,32,38,49H,2-4,15-19,25H2,1H3,(H,46,50)(H,51,52). The average Bonchev–Trinajstić information content (AvgIpc) is 3.21. The lowest BCUT2D eigenvalue weighted by Crippen LogP contribution is -2.47. The van der Waals surface area contributed by atoms with Crippen molar-refractivity contribution in [1.29, 1.82) is 10.5 Å². The molecule has 282 valence electrons. The van der Waals surface area contributed by atoms with E-state index in [1.165, 1.54) is 36.3 Å². The second-order valence-corrected chi connectivity index (χ2v) is 13.1. The maximum atomic E-state index is 14.9. The SMILES string of the molecule is COc1ccc(-c2c(C#N)cc(N3CCC(N(Cc4ccc(C=CC(=O)NOC5CCCCO5)cc4)C(=O)O)CC3)nc2-c2ccc(C#N)c(F)c2)cc1O. The van der Waals surface area contributed by atoms with Crippen molar-refractivity contribution in [2.45, 2.75) is 51.0 Å². The van der Waals surface area contributed by atoms with Gasteiger partial charge in [-0.3, -0.25) is 4.79 Å². The number of rotatable bonds is 11. The van der Waals surface area contributed by atoms with Crippen molar-refractivity contribution >= 4 is 23.9 Å². The van der Waals surface area contributed by atoms with E-state index in [2.05, 4.69) is 11.5 Å². The molecular formula is C41H39FN6O7. The molecule has 14 heteroatoms. The van der Waals surface area contributed by atoms with Crippen molar-refractivity contribution < 1.29 is 38.5 Å². The molecule has 0 spiro atoms. The van der Waals surface area contributed by atoms with Gasteiger partial charge < -0.3 is 29.5 Å². The van der Waals surface area contributed by atoms with E-state index >= 15 is 0 Å². The fourth-order valence-corrected chi connectivity index (χ4v) is 6.71. The Hall–Kier alpha value is -6.48. The van der Waals surface area contributed by atoms with E-state index in [0.29, 0.717) is 55.0 Å². The number of carbonyl (C=O) groups is 2. The molecule has 55 heavy (non-hydrogen) atoms. The third-order valence-corrected chi connectivity index (χ3v) is 9.62. The minimum atomic E-state index is -1.05. The van der Waals surface area contributed by atoms with Crippen LogP contribution in [-0.2, 0) is 20.9 Å². The minimum absolute atomic E-state index is 0.141. The molecule has 0 aliphatic carbocycles. The van der Waals surface area contributed by atoms with Gasteiger partial charge in [-0.15, -0.1) is 0 Å². The Balaban J connectivity index is 1.16. The molecule has 2 aliphatic rings. The number of anilines is 1. The molecule has 2 fully saturated rings. The summed E-state index contributed by atoms with van der Waals surface area (Å²) in [7, 11) is 1.42. The Morgan fingerprint density at radius 2 is 1.76 bits per heavy atom. The van der Waals surface area contributed by atoms with Crippen LogP contribution >= 0.6 is 0 Å². The molecule has 1 aromatic heterocycles. The minimum Gasteiger partial charge on any atom is -0.504 e. The first-order valence-corrected chi connectivity index (χ1v) is 17.8. The normalized spacial score (nSPS) is 15.9. The number of pyridine rings is 1. The fraction of sp³-hybridized carbons (Fsp3) is 0.293. The summed E-state index contributed by atoms with van der Waals surface area (Å²) in [4.78, 5) is 38.2. The van der Waals surface area contributed by atoms with Gasteiger partial charge in [-0.2, -0.15) is 10.5 Å². The van der Waals surface area contributed by atoms with E-state index in [9.17, 15) is 34.7 Å². The van der Waals surface area contributed by atoms with Gasteiger partial charge in [0, 0.05) is 55.9 Å². The maximum absolute atomic E-state index is 14.9. The second-order valence-electron chi connectivity index (χ2n) is 13.1. The average molecular weight is 747 g/mol. The second kappa shape index (κ2) is 17.6. The zero-order valence-corrected chi connectivity index (χ0v) is 30.1. The van der Waals surface area contributed by atoms with Crippen molar-refractivity contribution in [1.82, 2.24) is 15.4 Å². The highest BCUT2D eigenvalue weighted by Gasteiger charge is 2.30. The molecule has 3 heterocycles. The van der Waals surface area contributed by atoms with E-state index in [0.717, 1.165) is 30.4 Å². The molecule has 2 aliphatic heterocycles. The van der Waals surface area contributed by atoms with Crippen LogP contribution in [0.4, 0.5) is 15.0 Å². The topological polar surface area (TPSA) is 181 Å². The Morgan fingerprint density at radius 3 is 2.40 bits per heavy atom. The number of methoxy groups -OCH3 is 1. The zero-order valence-electron chi connectivity index (χ0n) is 30.1. The zero-order chi connectivity index (χ0) is 38.9. The van der Waals surface area contributed by atoms with Crippen LogP contribution < -0.4 is 15.1 Å². The highest BCUT2D eigenvalue weighted by molar-refractivity contribution is 5.91. The summed E-state index contributed by atoms with van der Waals surface area (Å²) in [6.45, 7) is 1.62. The lowest BCUT2D eigenvalue weighted by molar-refractivity contribution is -0.198. The number of phenolic OH excluding ortho intramolecular Hbond substituents is 1. The monoisotopic (exact) mass is 746 g/mol. The lowest BCUT2D eigenvalue weighted by Gasteiger charge is -2.38. The quantitative estimate of drug-likeness (QED) is 0.109. The number of nitrogens with one attached hydrogen (secondary N) is 1. The predicted molar refractivity (Wildman–Crippen MR) is 200 cm³/mol. The molecule has 3 N–H and O–H groups in total. The van der Waals surface area contributed by atoms with Crippen molar-refractivity contribution in [2.24, 2.45) is 0 Å². The smallest absolute Gasteiger partial charge is 0.407 e. The summed E-state index contributed by atoms with van der Waals surface area (Å²) in [5, 5.41) is 40.4. The molecular weight excluding hydrogens is 707 g/mol. The van der Waals surface area contributed by atoms with Crippen LogP contribution in [0.5, 0.6) is 11.5 Å². The van der Waals surface area contributed by atoms with Crippen molar-refractivity contribution in [3.8, 4) is 46.0 Å². The van der Waals surface area contributed by atoms with Crippen LogP contribution in [0.15, 0.2) is 72.8 Å². The Morgan fingerprint density at radius 1 is 1.02 bits per heavy atom. The molecule has 3 aromatic carbocycles. The van der Waals surface area contributed by atoms with Gasteiger partial charge in [-0.1, -0.05) is 36.4 Å². The van der Waals surface area contributed by atoms with Crippen molar-refractivity contribution in [2.75, 3.05) is 31.7 Å². The number of aromatic hydroxyl groups is 1. The maximum Gasteiger partial charge on any atom is 0.407 e. The number of amides is 2. The number of phenols is 1. The number of aromatic nitrogens is 1. The molecule has 1 atom stereocenters. The van der Waals surface area contributed by atoms with Crippen LogP contribution in [0.3, 0.4) is 0 Å². The number of nitrogens with zero attached hydrogens (tertiary/aromatic N) is 5. The molecule has 0 bridgehead atoms. The number of benzene rings is 3. The number of carbonyl (C=O) groups excluding carboxylic acids is 1. The molecule has 4 aromatic rings. The van der Waals surface area contributed by atoms with Crippen molar-refractivity contribution in [3.63, 3.8) is 0 Å². The van der Waals surface area contributed by atoms with E-state index in [1.54, 1.807) is 42.5 Å². The molecule has 2 amide bonds. The van der Waals surface area contributed by atoms with Gasteiger partial charge in [0.15, 0.2) is 17.8 Å². The largest absolute Gasteiger partial charge is 0.504 e. The van der Waals surface area contributed by atoms with Crippen LogP contribution in [-0.4, -0.2) is 71.2 Å². The number of hydroxylamine groups is 1. The third-order valence-electron chi connectivity index (χ3n) is 9.62. The lowest BCUT2D eigenvalue weighted by atomic mass is 9.93. The number of hydrogen-bond acceptors (Lipinski definition) is 10. The van der Waals surface area contributed by atoms with E-state index < -0.39 is 24.1 Å². The van der Waals surface area contributed by atoms with Gasteiger partial charge in [-0.05, 0) is 78.8 Å². The Labute approximate surface area is 317 Å². The van der Waals surface area contributed by atoms with Gasteiger partial charge in [0.05, 0.1) is 30.0 Å². The summed E-state index contributed by atoms with van der Waals surface area (Å²) in [5.74, 6) is -0.635. The number of carboxylic acid groups (broad SMARTS) is 1. The summed E-state index contributed by atoms with van der Waals surface area (Å²) in [6.07, 6.45) is 5.12. The summed E-state index contributed by atoms with van der Waals surface area (Å²) >= 11 is 0. The summed E-state index contributed by atoms with van der Waals surface area (Å²) in [6, 6.07) is 21.4. The number of piperidine rings is 1. The van der Waals surface area contributed by atoms with Gasteiger partial charge in [-0.25, -0.2) is 24.5 Å². The fourth-order valence-electron chi connectivity index (χ4n) is 6.71. The molecule has 1 unspecified atom stereocenters. The number of halogens is 1. The first-order valence-electron chi connectivity index (χ1n) is 17.8. The first kappa shape index (κ1) is 38.3. The number of hydrogen-bond donors (Lipinski definition) is 3. The van der Waals surface area contributed by atoms with E-state index in [4.69, 9.17) is 19.3 Å². The van der Waals surface area contributed by atoms with Crippen LogP contribution in [0, 0.1) is 28.5 Å². The summed E-state index contributed by atoms with van der Waals surface area (Å²) in [5.41, 5.74) is 5.42. The van der Waals surface area contributed by atoms with Crippen LogP contribution in [0.25, 0.3) is 28.5 Å². The Kier molecular flexibility index (Phi) is 12.2. The summed E-state index contributed by atoms with van der Waals surface area (Å²) < 4.78 is 25.5. The molecule has 2 saturated heterocycles. The number of ether oxygens (including phenoxy) is 2. The van der Waals surface area contributed by atoms with Gasteiger partial charge in [0.1, 0.15) is 17.7 Å². The van der Waals surface area contributed by atoms with E-state index in [-0.39, 0.29) is 40.9 Å². The highest BCUT2D eigenvalue weighted by Crippen LogP contribution is 2.40. The molecule has 0 radical (unpaired) electrons.